The largest absolute Gasteiger partial charge is 0.356 e. The van der Waals surface area contributed by atoms with Gasteiger partial charge in [-0.25, -0.2) is 9.37 Å². The summed E-state index contributed by atoms with van der Waals surface area (Å²) in [5.74, 6) is 0.694. The van der Waals surface area contributed by atoms with Gasteiger partial charge in [-0.2, -0.15) is 5.26 Å². The number of pyridine rings is 1. The van der Waals surface area contributed by atoms with Crippen molar-refractivity contribution in [3.8, 4) is 17.2 Å². The number of hydrogen-bond donors (Lipinski definition) is 0. The molecule has 2 aromatic heterocycles. The summed E-state index contributed by atoms with van der Waals surface area (Å²) in [6, 6.07) is 17.4. The Balaban J connectivity index is 1.91. The Bertz CT molecular complexity index is 1350. The molecule has 0 unspecified atom stereocenters. The van der Waals surface area contributed by atoms with Crippen LogP contribution in [0.25, 0.3) is 27.8 Å². The van der Waals surface area contributed by atoms with Crippen molar-refractivity contribution in [1.82, 2.24) is 14.3 Å². The standard InChI is InChI=1S/C25H24FN5/c1-16-20(14-27)24-28-21-9-4-5-10-22(21)31(24)25(30-12-11-19(15-30)29(2)3)23(16)17-7-6-8-18(26)13-17/h4-10,13,19H,11-12,15H2,1-3H3/t19-/m0/s1. The molecule has 1 aliphatic heterocycles. The zero-order valence-electron chi connectivity index (χ0n) is 17.9. The number of rotatable bonds is 3. The van der Waals surface area contributed by atoms with Gasteiger partial charge in [0.05, 0.1) is 16.6 Å². The summed E-state index contributed by atoms with van der Waals surface area (Å²) in [6.07, 6.45) is 1.04. The van der Waals surface area contributed by atoms with Crippen LogP contribution in [0, 0.1) is 24.1 Å². The summed E-state index contributed by atoms with van der Waals surface area (Å²) < 4.78 is 16.3. The molecule has 5 nitrogen and oxygen atoms in total. The van der Waals surface area contributed by atoms with Gasteiger partial charge in [-0.15, -0.1) is 0 Å². The number of aromatic nitrogens is 2. The van der Waals surface area contributed by atoms with Crippen molar-refractivity contribution in [1.29, 1.82) is 5.26 Å². The smallest absolute Gasteiger partial charge is 0.157 e. The summed E-state index contributed by atoms with van der Waals surface area (Å²) in [5, 5.41) is 10.0. The van der Waals surface area contributed by atoms with Crippen LogP contribution in [0.1, 0.15) is 17.5 Å². The van der Waals surface area contributed by atoms with Gasteiger partial charge < -0.3 is 9.80 Å². The number of anilines is 1. The third-order valence-electron chi connectivity index (χ3n) is 6.39. The van der Waals surface area contributed by atoms with Crippen molar-refractivity contribution in [3.63, 3.8) is 0 Å². The fraction of sp³-hybridized carbons (Fsp3) is 0.280. The highest BCUT2D eigenvalue weighted by Crippen LogP contribution is 2.41. The number of para-hydroxylation sites is 2. The van der Waals surface area contributed by atoms with E-state index in [9.17, 15) is 9.65 Å². The van der Waals surface area contributed by atoms with Crippen LogP contribution in [-0.2, 0) is 0 Å². The van der Waals surface area contributed by atoms with E-state index in [1.165, 1.54) is 6.07 Å². The van der Waals surface area contributed by atoms with Crippen molar-refractivity contribution in [2.75, 3.05) is 32.1 Å². The summed E-state index contributed by atoms with van der Waals surface area (Å²) in [6.45, 7) is 3.70. The van der Waals surface area contributed by atoms with Crippen LogP contribution in [0.5, 0.6) is 0 Å². The summed E-state index contributed by atoms with van der Waals surface area (Å²) in [7, 11) is 4.21. The third-order valence-corrected chi connectivity index (χ3v) is 6.39. The topological polar surface area (TPSA) is 47.6 Å². The minimum absolute atomic E-state index is 0.287. The van der Waals surface area contributed by atoms with Crippen LogP contribution in [0.15, 0.2) is 48.5 Å². The molecule has 0 spiro atoms. The maximum Gasteiger partial charge on any atom is 0.157 e. The Hall–Kier alpha value is -3.43. The molecule has 2 aromatic carbocycles. The second-order valence-electron chi connectivity index (χ2n) is 8.43. The minimum atomic E-state index is -0.287. The van der Waals surface area contributed by atoms with Crippen molar-refractivity contribution < 1.29 is 4.39 Å². The number of imidazole rings is 1. The van der Waals surface area contributed by atoms with Crippen LogP contribution < -0.4 is 4.90 Å². The zero-order valence-corrected chi connectivity index (χ0v) is 17.9. The molecule has 6 heteroatoms. The van der Waals surface area contributed by atoms with Gasteiger partial charge in [-0.1, -0.05) is 24.3 Å². The van der Waals surface area contributed by atoms with Gasteiger partial charge in [-0.05, 0) is 62.8 Å². The van der Waals surface area contributed by atoms with E-state index < -0.39 is 0 Å². The first-order valence-corrected chi connectivity index (χ1v) is 10.5. The molecule has 5 rings (SSSR count). The maximum atomic E-state index is 14.2. The second kappa shape index (κ2) is 7.36. The molecule has 0 aliphatic carbocycles. The third kappa shape index (κ3) is 3.05. The van der Waals surface area contributed by atoms with E-state index in [1.54, 1.807) is 12.1 Å². The number of halogens is 1. The molecular formula is C25H24FN5. The molecule has 0 bridgehead atoms. The van der Waals surface area contributed by atoms with Gasteiger partial charge >= 0.3 is 0 Å². The first kappa shape index (κ1) is 19.5. The SMILES string of the molecule is Cc1c(-c2cccc(F)c2)c(N2CC[C@H](N(C)C)C2)n2c(nc3ccccc32)c1C#N. The molecule has 4 aromatic rings. The molecule has 0 amide bonds. The highest BCUT2D eigenvalue weighted by atomic mass is 19.1. The summed E-state index contributed by atoms with van der Waals surface area (Å²) in [4.78, 5) is 9.43. The van der Waals surface area contributed by atoms with Crippen molar-refractivity contribution in [3.05, 3.63) is 65.5 Å². The number of fused-ring (bicyclic) bond motifs is 3. The van der Waals surface area contributed by atoms with Gasteiger partial charge in [0.2, 0.25) is 0 Å². The quantitative estimate of drug-likeness (QED) is 0.492. The molecule has 1 saturated heterocycles. The first-order chi connectivity index (χ1) is 15.0. The highest BCUT2D eigenvalue weighted by Gasteiger charge is 2.31. The molecule has 31 heavy (non-hydrogen) atoms. The van der Waals surface area contributed by atoms with Crippen LogP contribution in [0.4, 0.5) is 10.2 Å². The van der Waals surface area contributed by atoms with Crippen molar-refractivity contribution in [2.24, 2.45) is 0 Å². The molecule has 1 fully saturated rings. The molecule has 3 heterocycles. The van der Waals surface area contributed by atoms with Crippen LogP contribution >= 0.6 is 0 Å². The van der Waals surface area contributed by atoms with E-state index in [1.807, 2.05) is 37.3 Å². The number of nitriles is 1. The minimum Gasteiger partial charge on any atom is -0.356 e. The molecular weight excluding hydrogens is 389 g/mol. The van der Waals surface area contributed by atoms with Crippen LogP contribution in [0.3, 0.4) is 0 Å². The lowest BCUT2D eigenvalue weighted by molar-refractivity contribution is 0.315. The van der Waals surface area contributed by atoms with Gasteiger partial charge in [0.15, 0.2) is 5.65 Å². The first-order valence-electron chi connectivity index (χ1n) is 10.5. The number of hydrogen-bond acceptors (Lipinski definition) is 4. The molecule has 1 atom stereocenters. The average molecular weight is 414 g/mol. The van der Waals surface area contributed by atoms with E-state index in [0.717, 1.165) is 53.1 Å². The summed E-state index contributed by atoms with van der Waals surface area (Å²) in [5.41, 5.74) is 5.49. The van der Waals surface area contributed by atoms with Crippen molar-refractivity contribution >= 4 is 22.5 Å². The Morgan fingerprint density at radius 1 is 1.16 bits per heavy atom. The number of nitrogens with zero attached hydrogens (tertiary/aromatic N) is 5. The van der Waals surface area contributed by atoms with Crippen LogP contribution in [-0.4, -0.2) is 47.5 Å². The monoisotopic (exact) mass is 413 g/mol. The molecule has 156 valence electrons. The Kier molecular flexibility index (Phi) is 4.64. The lowest BCUT2D eigenvalue weighted by atomic mass is 9.97. The lowest BCUT2D eigenvalue weighted by Crippen LogP contribution is -2.32. The lowest BCUT2D eigenvalue weighted by Gasteiger charge is -2.27. The van der Waals surface area contributed by atoms with E-state index in [4.69, 9.17) is 4.98 Å². The summed E-state index contributed by atoms with van der Waals surface area (Å²) >= 11 is 0. The highest BCUT2D eigenvalue weighted by molar-refractivity contribution is 5.92. The van der Waals surface area contributed by atoms with Gasteiger partial charge in [0.25, 0.3) is 0 Å². The number of benzene rings is 2. The van der Waals surface area contributed by atoms with E-state index in [0.29, 0.717) is 17.3 Å². The fourth-order valence-corrected chi connectivity index (χ4v) is 4.76. The van der Waals surface area contributed by atoms with Gasteiger partial charge in [0.1, 0.15) is 17.7 Å². The maximum absolute atomic E-state index is 14.2. The second-order valence-corrected chi connectivity index (χ2v) is 8.43. The fourth-order valence-electron chi connectivity index (χ4n) is 4.76. The molecule has 0 saturated carbocycles. The van der Waals surface area contributed by atoms with Gasteiger partial charge in [0, 0.05) is 24.7 Å². The van der Waals surface area contributed by atoms with Gasteiger partial charge in [-0.3, -0.25) is 4.40 Å². The Labute approximate surface area is 180 Å². The molecule has 1 aliphatic rings. The molecule has 0 N–H and O–H groups in total. The zero-order chi connectivity index (χ0) is 21.7. The Morgan fingerprint density at radius 2 is 1.97 bits per heavy atom. The normalized spacial score (nSPS) is 16.5. The predicted octanol–water partition coefficient (Wildman–Crippen LogP) is 4.61. The van der Waals surface area contributed by atoms with Crippen molar-refractivity contribution in [2.45, 2.75) is 19.4 Å². The van der Waals surface area contributed by atoms with Crippen LogP contribution in [0.2, 0.25) is 0 Å². The van der Waals surface area contributed by atoms with E-state index >= 15 is 0 Å². The van der Waals surface area contributed by atoms with E-state index in [2.05, 4.69) is 34.4 Å². The molecule has 0 radical (unpaired) electrons. The van der Waals surface area contributed by atoms with E-state index in [-0.39, 0.29) is 5.82 Å². The average Bonchev–Trinajstić information content (AvgIpc) is 3.38. The Morgan fingerprint density at radius 3 is 2.68 bits per heavy atom. The predicted molar refractivity (Wildman–Crippen MR) is 122 cm³/mol. The number of likely N-dealkylation sites (N-methyl/N-ethyl adjacent to an activating group) is 1.